The van der Waals surface area contributed by atoms with Crippen LogP contribution < -0.4 is 0 Å². The number of carbonyl (C=O) groups excluding carboxylic acids is 1. The Morgan fingerprint density at radius 2 is 1.60 bits per heavy atom. The van der Waals surface area contributed by atoms with Crippen molar-refractivity contribution >= 4 is 11.9 Å². The van der Waals surface area contributed by atoms with Gasteiger partial charge in [-0.15, -0.1) is 0 Å². The van der Waals surface area contributed by atoms with Crippen molar-refractivity contribution in [1.29, 1.82) is 0 Å². The molecule has 0 aliphatic carbocycles. The van der Waals surface area contributed by atoms with E-state index in [0.717, 1.165) is 12.1 Å². The molecule has 0 fully saturated rings. The number of phenols is 2. The van der Waals surface area contributed by atoms with Gasteiger partial charge in [0.25, 0.3) is 0 Å². The van der Waals surface area contributed by atoms with Crippen LogP contribution in [0.2, 0.25) is 0 Å². The van der Waals surface area contributed by atoms with Crippen LogP contribution >= 0.6 is 0 Å². The van der Waals surface area contributed by atoms with E-state index in [-0.39, 0.29) is 24.2 Å². The SMILES string of the molecule is O=C(O)c1cc(O)c(C(=O)[O][Zn])cc1O. The molecule has 1 rings (SSSR count). The Kier molecular flexibility index (Phi) is 3.26. The molecular formula is C8H5O6Zn. The molecule has 15 heavy (non-hydrogen) atoms. The molecular weight excluding hydrogens is 257 g/mol. The predicted octanol–water partition coefficient (Wildman–Crippen LogP) is 0.415. The van der Waals surface area contributed by atoms with E-state index in [1.54, 1.807) is 0 Å². The van der Waals surface area contributed by atoms with Gasteiger partial charge in [-0.2, -0.15) is 0 Å². The average molecular weight is 263 g/mol. The third-order valence-corrected chi connectivity index (χ3v) is 2.25. The van der Waals surface area contributed by atoms with Crippen molar-refractivity contribution in [3.63, 3.8) is 0 Å². The molecule has 0 saturated carbocycles. The third-order valence-electron chi connectivity index (χ3n) is 1.70. The fourth-order valence-corrected chi connectivity index (χ4v) is 1.32. The molecule has 0 saturated heterocycles. The van der Waals surface area contributed by atoms with Gasteiger partial charge < -0.3 is 0 Å². The van der Waals surface area contributed by atoms with Crippen molar-refractivity contribution in [3.05, 3.63) is 23.3 Å². The third kappa shape index (κ3) is 2.25. The fourth-order valence-electron chi connectivity index (χ4n) is 0.989. The van der Waals surface area contributed by atoms with Crippen molar-refractivity contribution in [2.24, 2.45) is 0 Å². The van der Waals surface area contributed by atoms with Gasteiger partial charge in [-0.25, -0.2) is 0 Å². The zero-order chi connectivity index (χ0) is 11.6. The second kappa shape index (κ2) is 4.27. The number of aromatic carboxylic acids is 1. The summed E-state index contributed by atoms with van der Waals surface area (Å²) in [6.45, 7) is 0. The summed E-state index contributed by atoms with van der Waals surface area (Å²) in [5.41, 5.74) is -0.736. The number of carbonyl (C=O) groups is 2. The van der Waals surface area contributed by atoms with Gasteiger partial charge in [0.15, 0.2) is 0 Å². The van der Waals surface area contributed by atoms with Crippen LogP contribution in [0.3, 0.4) is 0 Å². The molecule has 0 unspecified atom stereocenters. The summed E-state index contributed by atoms with van der Waals surface area (Å²) >= 11 is 0.236. The summed E-state index contributed by atoms with van der Waals surface area (Å²) in [5.74, 6) is -3.34. The number of hydrogen-bond donors (Lipinski definition) is 3. The normalized spacial score (nSPS) is 9.73. The first kappa shape index (κ1) is 11.5. The number of rotatable bonds is 2. The quantitative estimate of drug-likeness (QED) is 0.527. The molecule has 0 spiro atoms. The standard InChI is InChI=1S/C8H6O6.Zn/c9-5-1-3(7(11)12)6(10)2-4(5)8(13)14;/h1-2,9-10H,(H,11,12)(H,13,14);/q;+1/p-1. The molecule has 1 aromatic rings. The van der Waals surface area contributed by atoms with E-state index >= 15 is 0 Å². The topological polar surface area (TPSA) is 104 Å². The van der Waals surface area contributed by atoms with Gasteiger partial charge in [-0.1, -0.05) is 0 Å². The minimum absolute atomic E-state index is 0.236. The van der Waals surface area contributed by atoms with Gasteiger partial charge in [0.05, 0.1) is 0 Å². The van der Waals surface area contributed by atoms with Gasteiger partial charge in [0.1, 0.15) is 0 Å². The van der Waals surface area contributed by atoms with Gasteiger partial charge in [-0.3, -0.25) is 0 Å². The van der Waals surface area contributed by atoms with Crippen LogP contribution in [0.1, 0.15) is 20.7 Å². The summed E-state index contributed by atoms with van der Waals surface area (Å²) in [6, 6.07) is 1.65. The summed E-state index contributed by atoms with van der Waals surface area (Å²) in [6.07, 6.45) is 0. The Labute approximate surface area is 94.2 Å². The van der Waals surface area contributed by atoms with E-state index in [0.29, 0.717) is 0 Å². The van der Waals surface area contributed by atoms with E-state index in [1.807, 2.05) is 0 Å². The molecule has 0 bridgehead atoms. The van der Waals surface area contributed by atoms with E-state index in [1.165, 1.54) is 0 Å². The monoisotopic (exact) mass is 261 g/mol. The van der Waals surface area contributed by atoms with E-state index in [9.17, 15) is 19.8 Å². The van der Waals surface area contributed by atoms with Crippen LogP contribution in [0.5, 0.6) is 11.5 Å². The van der Waals surface area contributed by atoms with Crippen molar-refractivity contribution in [2.45, 2.75) is 0 Å². The van der Waals surface area contributed by atoms with Crippen molar-refractivity contribution in [2.75, 3.05) is 0 Å². The van der Waals surface area contributed by atoms with E-state index in [2.05, 4.69) is 3.56 Å². The molecule has 6 nitrogen and oxygen atoms in total. The van der Waals surface area contributed by atoms with Crippen molar-refractivity contribution in [1.82, 2.24) is 0 Å². The average Bonchev–Trinajstić information content (AvgIpc) is 2.19. The van der Waals surface area contributed by atoms with Gasteiger partial charge in [-0.05, 0) is 0 Å². The molecule has 0 aliphatic rings. The van der Waals surface area contributed by atoms with Crippen LogP contribution in [-0.2, 0) is 22.2 Å². The van der Waals surface area contributed by atoms with Gasteiger partial charge >= 0.3 is 93.8 Å². The van der Waals surface area contributed by atoms with E-state index < -0.39 is 29.0 Å². The predicted molar refractivity (Wildman–Crippen MR) is 42.1 cm³/mol. The first-order chi connectivity index (χ1) is 6.97. The number of phenolic OH excluding ortho intramolecular Hbond substituents is 1. The Morgan fingerprint density at radius 1 is 1.13 bits per heavy atom. The molecule has 0 amide bonds. The summed E-state index contributed by atoms with van der Waals surface area (Å²) in [7, 11) is 0. The summed E-state index contributed by atoms with van der Waals surface area (Å²) in [5, 5.41) is 27.1. The molecule has 0 aliphatic heterocycles. The zero-order valence-electron chi connectivity index (χ0n) is 7.43. The first-order valence-electron chi connectivity index (χ1n) is 3.73. The second-order valence-electron chi connectivity index (χ2n) is 2.62. The molecule has 0 atom stereocenters. The maximum absolute atomic E-state index is 11.1. The number of benzene rings is 1. The summed E-state index contributed by atoms with van der Waals surface area (Å²) < 4.78 is 4.44. The van der Waals surface area contributed by atoms with Crippen LogP contribution in [-0.4, -0.2) is 27.3 Å². The van der Waals surface area contributed by atoms with Crippen molar-refractivity contribution < 1.29 is 47.1 Å². The van der Waals surface area contributed by atoms with Crippen LogP contribution in [0.4, 0.5) is 0 Å². The zero-order valence-corrected chi connectivity index (χ0v) is 10.4. The van der Waals surface area contributed by atoms with Gasteiger partial charge in [0, 0.05) is 0 Å². The number of aromatic hydroxyl groups is 2. The molecule has 0 aromatic heterocycles. The molecule has 1 aromatic carbocycles. The Bertz CT molecular complexity index is 427. The second-order valence-corrected chi connectivity index (χ2v) is 3.23. The molecule has 0 radical (unpaired) electrons. The van der Waals surface area contributed by atoms with Crippen LogP contribution in [0.15, 0.2) is 12.1 Å². The first-order valence-corrected chi connectivity index (χ1v) is 4.94. The van der Waals surface area contributed by atoms with Crippen LogP contribution in [0.25, 0.3) is 0 Å². The fraction of sp³-hybridized carbons (Fsp3) is 0. The molecule has 7 heteroatoms. The Hall–Kier alpha value is -1.62. The maximum atomic E-state index is 11.1. The van der Waals surface area contributed by atoms with Gasteiger partial charge in [0.2, 0.25) is 0 Å². The van der Waals surface area contributed by atoms with E-state index in [4.69, 9.17) is 5.11 Å². The number of carboxylic acid groups (broad SMARTS) is 1. The minimum atomic E-state index is -1.40. The number of hydrogen-bond acceptors (Lipinski definition) is 5. The van der Waals surface area contributed by atoms with Crippen LogP contribution in [0, 0.1) is 0 Å². The molecule has 75 valence electrons. The molecule has 0 heterocycles. The Balaban J connectivity index is 3.31. The summed E-state index contributed by atoms with van der Waals surface area (Å²) in [4.78, 5) is 21.6. The van der Waals surface area contributed by atoms with Crippen molar-refractivity contribution in [3.8, 4) is 11.5 Å². The Morgan fingerprint density at radius 3 is 2.07 bits per heavy atom. The molecule has 3 N–H and O–H groups in total. The number of carboxylic acids is 1.